The number of carboxylic acid groups (broad SMARTS) is 2. The summed E-state index contributed by atoms with van der Waals surface area (Å²) in [5.74, 6) is -5.80. The van der Waals surface area contributed by atoms with Crippen LogP contribution < -0.4 is 21.7 Å². The number of nitrogens with two attached hydrogens (primary N) is 1. The van der Waals surface area contributed by atoms with Gasteiger partial charge in [-0.25, -0.2) is 4.79 Å². The predicted molar refractivity (Wildman–Crippen MR) is 85.7 cm³/mol. The molecule has 0 spiro atoms. The smallest absolute Gasteiger partial charge is 0.326 e. The molecule has 0 aromatic heterocycles. The van der Waals surface area contributed by atoms with Crippen LogP contribution in [-0.2, 0) is 24.0 Å². The Hall–Kier alpha value is -2.38. The summed E-state index contributed by atoms with van der Waals surface area (Å²) < 4.78 is 0. The van der Waals surface area contributed by atoms with Gasteiger partial charge in [0.05, 0.1) is 19.6 Å². The average Bonchev–Trinajstić information content (AvgIpc) is 2.55. The molecular formula is C12H20N4O8S. The molecule has 0 aliphatic heterocycles. The number of nitrogens with one attached hydrogen (secondary N) is 3. The molecule has 0 heterocycles. The van der Waals surface area contributed by atoms with Crippen molar-refractivity contribution in [2.75, 3.05) is 18.9 Å². The largest absolute Gasteiger partial charge is 0.481 e. The molecule has 0 aromatic carbocycles. The van der Waals surface area contributed by atoms with Crippen LogP contribution in [0.4, 0.5) is 0 Å². The van der Waals surface area contributed by atoms with E-state index in [9.17, 15) is 29.1 Å². The fraction of sp³-hybridized carbons (Fsp3) is 0.583. The summed E-state index contributed by atoms with van der Waals surface area (Å²) in [6, 6.07) is -4.44. The number of aliphatic hydroxyl groups excluding tert-OH is 1. The first-order valence-electron chi connectivity index (χ1n) is 6.92. The lowest BCUT2D eigenvalue weighted by atomic mass is 10.1. The summed E-state index contributed by atoms with van der Waals surface area (Å²) in [6.07, 6.45) is -0.890. The maximum absolute atomic E-state index is 12.0. The van der Waals surface area contributed by atoms with Crippen LogP contribution >= 0.6 is 12.6 Å². The van der Waals surface area contributed by atoms with Gasteiger partial charge in [0.1, 0.15) is 18.1 Å². The highest BCUT2D eigenvalue weighted by atomic mass is 32.1. The second kappa shape index (κ2) is 11.2. The highest BCUT2D eigenvalue weighted by Gasteiger charge is 2.29. The summed E-state index contributed by atoms with van der Waals surface area (Å²) in [5.41, 5.74) is 5.10. The van der Waals surface area contributed by atoms with Crippen LogP contribution in [0.1, 0.15) is 6.42 Å². The number of carboxylic acids is 2. The van der Waals surface area contributed by atoms with Crippen molar-refractivity contribution in [2.24, 2.45) is 5.73 Å². The van der Waals surface area contributed by atoms with Gasteiger partial charge in [0.15, 0.2) is 0 Å². The van der Waals surface area contributed by atoms with E-state index in [2.05, 4.69) is 23.3 Å². The molecule has 0 saturated heterocycles. The molecule has 0 rings (SSSR count). The Morgan fingerprint density at radius 1 is 0.920 bits per heavy atom. The molecule has 12 nitrogen and oxygen atoms in total. The van der Waals surface area contributed by atoms with E-state index in [-0.39, 0.29) is 12.3 Å². The molecular weight excluding hydrogens is 360 g/mol. The third-order valence-corrected chi connectivity index (χ3v) is 3.19. The number of aliphatic hydroxyl groups is 1. The quantitative estimate of drug-likeness (QED) is 0.163. The minimum atomic E-state index is -1.74. The van der Waals surface area contributed by atoms with E-state index in [4.69, 9.17) is 15.9 Å². The summed E-state index contributed by atoms with van der Waals surface area (Å²) in [7, 11) is 0. The van der Waals surface area contributed by atoms with Crippen LogP contribution in [0.2, 0.25) is 0 Å². The molecule has 0 fully saturated rings. The molecule has 25 heavy (non-hydrogen) atoms. The molecule has 3 unspecified atom stereocenters. The fourth-order valence-corrected chi connectivity index (χ4v) is 1.82. The Morgan fingerprint density at radius 2 is 1.44 bits per heavy atom. The van der Waals surface area contributed by atoms with Crippen molar-refractivity contribution in [1.29, 1.82) is 0 Å². The molecule has 0 saturated carbocycles. The molecule has 0 aliphatic carbocycles. The van der Waals surface area contributed by atoms with Gasteiger partial charge in [-0.15, -0.1) is 0 Å². The zero-order valence-corrected chi connectivity index (χ0v) is 13.9. The summed E-state index contributed by atoms with van der Waals surface area (Å²) in [6.45, 7) is -1.27. The van der Waals surface area contributed by atoms with Crippen LogP contribution in [0.3, 0.4) is 0 Å². The molecule has 0 bridgehead atoms. The van der Waals surface area contributed by atoms with E-state index in [1.165, 1.54) is 0 Å². The molecule has 3 amide bonds. The molecule has 13 heteroatoms. The van der Waals surface area contributed by atoms with Gasteiger partial charge in [-0.05, 0) is 0 Å². The molecule has 142 valence electrons. The Labute approximate surface area is 147 Å². The molecule has 0 aromatic rings. The van der Waals surface area contributed by atoms with E-state index in [1.54, 1.807) is 0 Å². The van der Waals surface area contributed by atoms with Crippen molar-refractivity contribution in [2.45, 2.75) is 24.5 Å². The first kappa shape index (κ1) is 22.6. The number of carbonyl (C=O) groups excluding carboxylic acids is 3. The first-order valence-corrected chi connectivity index (χ1v) is 7.55. The van der Waals surface area contributed by atoms with Crippen molar-refractivity contribution in [3.8, 4) is 0 Å². The second-order valence-corrected chi connectivity index (χ2v) is 5.11. The lowest BCUT2D eigenvalue weighted by Gasteiger charge is -2.22. The van der Waals surface area contributed by atoms with E-state index in [0.29, 0.717) is 0 Å². The summed E-state index contributed by atoms with van der Waals surface area (Å²) in [5, 5.41) is 32.9. The van der Waals surface area contributed by atoms with Crippen molar-refractivity contribution in [3.63, 3.8) is 0 Å². The highest BCUT2D eigenvalue weighted by Crippen LogP contribution is 1.96. The molecule has 3 atom stereocenters. The van der Waals surface area contributed by atoms with Crippen LogP contribution in [-0.4, -0.2) is 82.0 Å². The monoisotopic (exact) mass is 380 g/mol. The maximum Gasteiger partial charge on any atom is 0.326 e. The van der Waals surface area contributed by atoms with Crippen LogP contribution in [0.15, 0.2) is 0 Å². The van der Waals surface area contributed by atoms with E-state index in [1.807, 2.05) is 5.32 Å². The molecule has 0 aliphatic rings. The zero-order chi connectivity index (χ0) is 19.6. The minimum Gasteiger partial charge on any atom is -0.481 e. The van der Waals surface area contributed by atoms with Gasteiger partial charge in [-0.2, -0.15) is 12.6 Å². The number of carbonyl (C=O) groups is 5. The topological polar surface area (TPSA) is 208 Å². The Bertz CT molecular complexity index is 529. The summed E-state index contributed by atoms with van der Waals surface area (Å²) >= 11 is 3.87. The van der Waals surface area contributed by atoms with Crippen molar-refractivity contribution in [3.05, 3.63) is 0 Å². The predicted octanol–water partition coefficient (Wildman–Crippen LogP) is -4.12. The van der Waals surface area contributed by atoms with Gasteiger partial charge in [0, 0.05) is 5.75 Å². The number of hydrogen-bond donors (Lipinski definition) is 8. The fourth-order valence-electron chi connectivity index (χ4n) is 1.56. The van der Waals surface area contributed by atoms with Crippen LogP contribution in [0, 0.1) is 0 Å². The number of hydrogen-bond acceptors (Lipinski definition) is 8. The zero-order valence-electron chi connectivity index (χ0n) is 13.0. The Balaban J connectivity index is 4.91. The number of amides is 3. The van der Waals surface area contributed by atoms with Gasteiger partial charge in [-0.1, -0.05) is 0 Å². The third kappa shape index (κ3) is 8.32. The van der Waals surface area contributed by atoms with Crippen molar-refractivity contribution < 1.29 is 39.3 Å². The number of rotatable bonds is 11. The van der Waals surface area contributed by atoms with Gasteiger partial charge < -0.3 is 37.0 Å². The van der Waals surface area contributed by atoms with Crippen molar-refractivity contribution in [1.82, 2.24) is 16.0 Å². The SMILES string of the molecule is NCC(=O)NC(CS)C(=O)NC(CO)C(=O)NC(CC(=O)O)C(=O)O. The standard InChI is InChI=1S/C12H20N4O8S/c13-2-8(18)14-7(4-25)11(22)16-6(3-17)10(21)15-5(12(23)24)1-9(19)20/h5-7,17,25H,1-4,13H2,(H,14,18)(H,15,21)(H,16,22)(H,19,20)(H,23,24). The van der Waals surface area contributed by atoms with Crippen LogP contribution in [0.5, 0.6) is 0 Å². The lowest BCUT2D eigenvalue weighted by molar-refractivity contribution is -0.147. The normalized spacial score (nSPS) is 13.9. The van der Waals surface area contributed by atoms with E-state index < -0.39 is 60.8 Å². The Morgan fingerprint density at radius 3 is 1.84 bits per heavy atom. The molecule has 0 radical (unpaired) electrons. The van der Waals surface area contributed by atoms with Crippen LogP contribution in [0.25, 0.3) is 0 Å². The van der Waals surface area contributed by atoms with Gasteiger partial charge in [-0.3, -0.25) is 19.2 Å². The number of thiol groups is 1. The van der Waals surface area contributed by atoms with E-state index in [0.717, 1.165) is 0 Å². The third-order valence-electron chi connectivity index (χ3n) is 2.83. The summed E-state index contributed by atoms with van der Waals surface area (Å²) in [4.78, 5) is 56.6. The van der Waals surface area contributed by atoms with E-state index >= 15 is 0 Å². The first-order chi connectivity index (χ1) is 11.7. The minimum absolute atomic E-state index is 0.131. The molecule has 8 N–H and O–H groups in total. The average molecular weight is 380 g/mol. The van der Waals surface area contributed by atoms with Gasteiger partial charge >= 0.3 is 11.9 Å². The Kier molecular flexibility index (Phi) is 10.2. The van der Waals surface area contributed by atoms with Gasteiger partial charge in [0.25, 0.3) is 0 Å². The van der Waals surface area contributed by atoms with Crippen molar-refractivity contribution >= 4 is 42.3 Å². The highest BCUT2D eigenvalue weighted by molar-refractivity contribution is 7.80. The lowest BCUT2D eigenvalue weighted by Crippen LogP contribution is -2.58. The second-order valence-electron chi connectivity index (χ2n) is 4.75. The maximum atomic E-state index is 12.0. The van der Waals surface area contributed by atoms with Gasteiger partial charge in [0.2, 0.25) is 17.7 Å². The number of aliphatic carboxylic acids is 2.